The average Bonchev–Trinajstić information content (AvgIpc) is 3.33. The topological polar surface area (TPSA) is 61.2 Å². The van der Waals surface area contributed by atoms with Crippen molar-refractivity contribution in [3.8, 4) is 0 Å². The van der Waals surface area contributed by atoms with Gasteiger partial charge in [0, 0.05) is 54.3 Å². The standard InChI is InChI=1S/C26H38N4.C6H7N/c1-4-10-24(5-2)29(3)17-8-9-18-30(20-22-13-15-27-16-14-22)21-23-19-28-26-12-7-6-11-25(23)26;7-6-4-2-1-3-5-6/h6-7,11-16,19,24,28H,4-5,8-10,17-18,20-21H2,1-3H3;1-5H,7H2. The van der Waals surface area contributed by atoms with E-state index < -0.39 is 0 Å². The first-order valence-electron chi connectivity index (χ1n) is 13.8. The van der Waals surface area contributed by atoms with E-state index >= 15 is 0 Å². The highest BCUT2D eigenvalue weighted by Gasteiger charge is 2.13. The van der Waals surface area contributed by atoms with Crippen molar-refractivity contribution in [2.45, 2.75) is 65.1 Å². The van der Waals surface area contributed by atoms with Crippen LogP contribution < -0.4 is 5.73 Å². The molecule has 4 rings (SSSR count). The Kier molecular flexibility index (Phi) is 12.2. The van der Waals surface area contributed by atoms with Crippen LogP contribution in [0.1, 0.15) is 57.1 Å². The van der Waals surface area contributed by atoms with Crippen molar-refractivity contribution in [1.29, 1.82) is 0 Å². The second-order valence-corrected chi connectivity index (χ2v) is 9.87. The lowest BCUT2D eigenvalue weighted by Crippen LogP contribution is -2.32. The van der Waals surface area contributed by atoms with E-state index in [2.05, 4.69) is 83.3 Å². The number of fused-ring (bicyclic) bond motifs is 1. The third kappa shape index (κ3) is 9.67. The van der Waals surface area contributed by atoms with Crippen LogP contribution >= 0.6 is 0 Å². The summed E-state index contributed by atoms with van der Waals surface area (Å²) in [5.41, 5.74) is 10.1. The molecule has 0 spiro atoms. The lowest BCUT2D eigenvalue weighted by molar-refractivity contribution is 0.206. The number of benzene rings is 2. The average molecular weight is 500 g/mol. The monoisotopic (exact) mass is 499 g/mol. The smallest absolute Gasteiger partial charge is 0.0457 e. The van der Waals surface area contributed by atoms with Gasteiger partial charge in [0.15, 0.2) is 0 Å². The second kappa shape index (κ2) is 15.9. The van der Waals surface area contributed by atoms with Gasteiger partial charge in [-0.15, -0.1) is 0 Å². The number of anilines is 1. The summed E-state index contributed by atoms with van der Waals surface area (Å²) in [6, 6.07) is 23.1. The van der Waals surface area contributed by atoms with Gasteiger partial charge in [-0.25, -0.2) is 0 Å². The number of pyridine rings is 1. The predicted octanol–water partition coefficient (Wildman–Crippen LogP) is 7.12. The number of hydrogen-bond donors (Lipinski definition) is 2. The van der Waals surface area contributed by atoms with Crippen LogP contribution in [0, 0.1) is 0 Å². The number of aromatic nitrogens is 2. The van der Waals surface area contributed by atoms with E-state index in [0.29, 0.717) is 0 Å². The third-order valence-electron chi connectivity index (χ3n) is 6.98. The van der Waals surface area contributed by atoms with Gasteiger partial charge in [-0.3, -0.25) is 9.88 Å². The molecule has 37 heavy (non-hydrogen) atoms. The Labute approximate surface area is 223 Å². The molecule has 2 aromatic carbocycles. The van der Waals surface area contributed by atoms with E-state index in [4.69, 9.17) is 5.73 Å². The Bertz CT molecular complexity index is 1130. The quantitative estimate of drug-likeness (QED) is 0.152. The molecule has 5 nitrogen and oxygen atoms in total. The SMILES string of the molecule is CCCC(CC)N(C)CCCCN(Cc1ccncc1)Cc1c[nH]c2ccccc12.Nc1ccccc1. The molecule has 0 radical (unpaired) electrons. The van der Waals surface area contributed by atoms with Crippen molar-refractivity contribution in [1.82, 2.24) is 19.8 Å². The summed E-state index contributed by atoms with van der Waals surface area (Å²) in [6.45, 7) is 8.84. The maximum atomic E-state index is 5.36. The summed E-state index contributed by atoms with van der Waals surface area (Å²) in [7, 11) is 2.30. The van der Waals surface area contributed by atoms with Crippen LogP contribution in [0.15, 0.2) is 85.3 Å². The van der Waals surface area contributed by atoms with Gasteiger partial charge in [-0.2, -0.15) is 0 Å². The number of rotatable bonds is 13. The van der Waals surface area contributed by atoms with Crippen LogP contribution in [0.3, 0.4) is 0 Å². The molecule has 0 aliphatic heterocycles. The maximum Gasteiger partial charge on any atom is 0.0457 e. The Morgan fingerprint density at radius 3 is 2.24 bits per heavy atom. The molecule has 198 valence electrons. The normalized spacial score (nSPS) is 12.0. The molecule has 3 N–H and O–H groups in total. The van der Waals surface area contributed by atoms with Gasteiger partial charge in [0.1, 0.15) is 0 Å². The minimum absolute atomic E-state index is 0.731. The van der Waals surface area contributed by atoms with Gasteiger partial charge in [0.25, 0.3) is 0 Å². The Hall–Kier alpha value is -3.15. The summed E-state index contributed by atoms with van der Waals surface area (Å²) in [5, 5.41) is 1.34. The summed E-state index contributed by atoms with van der Waals surface area (Å²) in [4.78, 5) is 12.7. The first-order chi connectivity index (χ1) is 18.1. The molecular formula is C32H45N5. The summed E-state index contributed by atoms with van der Waals surface area (Å²) >= 11 is 0. The molecule has 0 amide bonds. The Balaban J connectivity index is 0.000000468. The minimum Gasteiger partial charge on any atom is -0.399 e. The Morgan fingerprint density at radius 1 is 0.865 bits per heavy atom. The molecular weight excluding hydrogens is 454 g/mol. The van der Waals surface area contributed by atoms with E-state index in [-0.39, 0.29) is 0 Å². The zero-order valence-electron chi connectivity index (χ0n) is 22.9. The lowest BCUT2D eigenvalue weighted by Gasteiger charge is -2.27. The molecule has 0 fully saturated rings. The molecule has 0 saturated carbocycles. The van der Waals surface area contributed by atoms with E-state index in [9.17, 15) is 0 Å². The number of H-pyrrole nitrogens is 1. The largest absolute Gasteiger partial charge is 0.399 e. The van der Waals surface area contributed by atoms with Gasteiger partial charge in [-0.1, -0.05) is 56.7 Å². The number of hydrogen-bond acceptors (Lipinski definition) is 4. The van der Waals surface area contributed by atoms with Crippen molar-refractivity contribution in [2.24, 2.45) is 0 Å². The molecule has 1 unspecified atom stereocenters. The van der Waals surface area contributed by atoms with Crippen molar-refractivity contribution < 1.29 is 0 Å². The number of nitrogens with two attached hydrogens (primary N) is 1. The van der Waals surface area contributed by atoms with Crippen LogP contribution in [0.2, 0.25) is 0 Å². The van der Waals surface area contributed by atoms with Crippen LogP contribution in [0.25, 0.3) is 10.9 Å². The van der Waals surface area contributed by atoms with Crippen LogP contribution in [-0.2, 0) is 13.1 Å². The first-order valence-corrected chi connectivity index (χ1v) is 13.8. The maximum absolute atomic E-state index is 5.36. The Morgan fingerprint density at radius 2 is 1.57 bits per heavy atom. The minimum atomic E-state index is 0.731. The number of nitrogen functional groups attached to an aromatic ring is 1. The first kappa shape index (κ1) is 28.4. The molecule has 4 aromatic rings. The summed E-state index contributed by atoms with van der Waals surface area (Å²) in [6.07, 6.45) is 12.3. The zero-order chi connectivity index (χ0) is 26.3. The predicted molar refractivity (Wildman–Crippen MR) is 158 cm³/mol. The fraction of sp³-hybridized carbons (Fsp3) is 0.406. The molecule has 2 heterocycles. The third-order valence-corrected chi connectivity index (χ3v) is 6.98. The van der Waals surface area contributed by atoms with Crippen molar-refractivity contribution in [3.63, 3.8) is 0 Å². The number of unbranched alkanes of at least 4 members (excludes halogenated alkanes) is 1. The molecule has 0 aliphatic carbocycles. The van der Waals surface area contributed by atoms with E-state index in [1.165, 1.54) is 60.7 Å². The van der Waals surface area contributed by atoms with Crippen LogP contribution in [0.4, 0.5) is 5.69 Å². The summed E-state index contributed by atoms with van der Waals surface area (Å²) < 4.78 is 0. The van der Waals surface area contributed by atoms with Crippen molar-refractivity contribution in [2.75, 3.05) is 25.9 Å². The van der Waals surface area contributed by atoms with Crippen molar-refractivity contribution >= 4 is 16.6 Å². The van der Waals surface area contributed by atoms with Crippen LogP contribution in [-0.4, -0.2) is 45.9 Å². The van der Waals surface area contributed by atoms with E-state index in [0.717, 1.165) is 31.4 Å². The fourth-order valence-electron chi connectivity index (χ4n) is 4.87. The second-order valence-electron chi connectivity index (χ2n) is 9.87. The molecule has 0 aliphatic rings. The highest BCUT2D eigenvalue weighted by atomic mass is 15.1. The van der Waals surface area contributed by atoms with E-state index in [1.807, 2.05) is 42.7 Å². The van der Waals surface area contributed by atoms with Gasteiger partial charge in [0.2, 0.25) is 0 Å². The fourth-order valence-corrected chi connectivity index (χ4v) is 4.87. The molecule has 5 heteroatoms. The number of nitrogens with one attached hydrogen (secondary N) is 1. The van der Waals surface area contributed by atoms with Crippen LogP contribution in [0.5, 0.6) is 0 Å². The number of nitrogens with zero attached hydrogens (tertiary/aromatic N) is 3. The number of aromatic amines is 1. The highest BCUT2D eigenvalue weighted by Crippen LogP contribution is 2.21. The molecule has 0 bridgehead atoms. The lowest BCUT2D eigenvalue weighted by atomic mass is 10.1. The van der Waals surface area contributed by atoms with Gasteiger partial charge < -0.3 is 15.6 Å². The molecule has 0 saturated heterocycles. The van der Waals surface area contributed by atoms with Gasteiger partial charge >= 0.3 is 0 Å². The number of para-hydroxylation sites is 2. The van der Waals surface area contributed by atoms with Crippen molar-refractivity contribution in [3.05, 3.63) is 96.4 Å². The summed E-state index contributed by atoms with van der Waals surface area (Å²) in [5.74, 6) is 0. The van der Waals surface area contributed by atoms with Gasteiger partial charge in [0.05, 0.1) is 0 Å². The van der Waals surface area contributed by atoms with E-state index in [1.54, 1.807) is 0 Å². The molecule has 1 atom stereocenters. The zero-order valence-corrected chi connectivity index (χ0v) is 22.9. The highest BCUT2D eigenvalue weighted by molar-refractivity contribution is 5.82. The van der Waals surface area contributed by atoms with Gasteiger partial charge in [-0.05, 0) is 87.3 Å². The molecule has 2 aromatic heterocycles.